The second kappa shape index (κ2) is 11.8. The zero-order chi connectivity index (χ0) is 26.5. The van der Waals surface area contributed by atoms with Crippen molar-refractivity contribution in [2.24, 2.45) is 5.92 Å². The maximum Gasteiger partial charge on any atom is 0.232 e. The van der Waals surface area contributed by atoms with Crippen molar-refractivity contribution in [2.45, 2.75) is 64.6 Å². The van der Waals surface area contributed by atoms with E-state index in [4.69, 9.17) is 4.74 Å². The number of ether oxygens (including phenoxy) is 1. The Morgan fingerprint density at radius 3 is 2.13 bits per heavy atom. The van der Waals surface area contributed by atoms with Gasteiger partial charge in [-0.15, -0.1) is 0 Å². The number of fused-ring (bicyclic) bond motifs is 2. The van der Waals surface area contributed by atoms with E-state index in [0.717, 1.165) is 69.6 Å². The Hall–Kier alpha value is -2.95. The van der Waals surface area contributed by atoms with Crippen molar-refractivity contribution >= 4 is 5.91 Å². The number of carbonyl (C=O) groups excluding carboxylic acids is 1. The maximum atomic E-state index is 13.5. The van der Waals surface area contributed by atoms with Gasteiger partial charge in [-0.25, -0.2) is 0 Å². The summed E-state index contributed by atoms with van der Waals surface area (Å²) >= 11 is 0. The summed E-state index contributed by atoms with van der Waals surface area (Å²) in [6.45, 7) is 11.1. The molecule has 3 aromatic carbocycles. The van der Waals surface area contributed by atoms with Crippen LogP contribution in [-0.4, -0.2) is 37.0 Å². The zero-order valence-electron chi connectivity index (χ0n) is 23.2. The lowest BCUT2D eigenvalue weighted by atomic mass is 9.83. The van der Waals surface area contributed by atoms with Crippen LogP contribution in [0.2, 0.25) is 0 Å². The van der Waals surface area contributed by atoms with E-state index in [1.165, 1.54) is 22.3 Å². The molecule has 0 aliphatic carbocycles. The number of likely N-dealkylation sites (tertiary alicyclic amines) is 1. The fourth-order valence-electron chi connectivity index (χ4n) is 6.11. The molecule has 2 heterocycles. The van der Waals surface area contributed by atoms with Crippen molar-refractivity contribution in [3.63, 3.8) is 0 Å². The van der Waals surface area contributed by atoms with E-state index in [0.29, 0.717) is 5.92 Å². The SMILES string of the molecule is CCC(CCN1CCC2(CC1)OCc1ccccc12)CNC(=O)C(c1ccc(C)cc1)c1ccc(C)cc1. The second-order valence-corrected chi connectivity index (χ2v) is 11.3. The van der Waals surface area contributed by atoms with Crippen molar-refractivity contribution in [3.05, 3.63) is 106 Å². The highest BCUT2D eigenvalue weighted by Gasteiger charge is 2.42. The van der Waals surface area contributed by atoms with Crippen LogP contribution in [0.4, 0.5) is 0 Å². The molecule has 4 heteroatoms. The number of nitrogens with zero attached hydrogens (tertiary/aromatic N) is 1. The van der Waals surface area contributed by atoms with Gasteiger partial charge in [0.2, 0.25) is 5.91 Å². The average molecular weight is 511 g/mol. The number of benzene rings is 3. The van der Waals surface area contributed by atoms with E-state index >= 15 is 0 Å². The summed E-state index contributed by atoms with van der Waals surface area (Å²) in [5, 5.41) is 3.32. The molecule has 1 N–H and O–H groups in total. The number of hydrogen-bond donors (Lipinski definition) is 1. The van der Waals surface area contributed by atoms with Crippen molar-refractivity contribution in [3.8, 4) is 0 Å². The predicted octanol–water partition coefficient (Wildman–Crippen LogP) is 6.49. The predicted molar refractivity (Wildman–Crippen MR) is 154 cm³/mol. The molecule has 200 valence electrons. The van der Waals surface area contributed by atoms with Crippen LogP contribution in [0.15, 0.2) is 72.8 Å². The minimum absolute atomic E-state index is 0.0772. The first-order valence-corrected chi connectivity index (χ1v) is 14.3. The maximum absolute atomic E-state index is 13.5. The molecule has 3 aromatic rings. The highest BCUT2D eigenvalue weighted by molar-refractivity contribution is 5.87. The first kappa shape index (κ1) is 26.6. The number of hydrogen-bond acceptors (Lipinski definition) is 3. The summed E-state index contributed by atoms with van der Waals surface area (Å²) in [6.07, 6.45) is 4.29. The lowest BCUT2D eigenvalue weighted by molar-refractivity contribution is -0.121. The van der Waals surface area contributed by atoms with Gasteiger partial charge >= 0.3 is 0 Å². The Morgan fingerprint density at radius 2 is 1.53 bits per heavy atom. The third kappa shape index (κ3) is 5.87. The molecule has 0 saturated carbocycles. The van der Waals surface area contributed by atoms with Crippen LogP contribution < -0.4 is 5.32 Å². The molecule has 2 aliphatic rings. The smallest absolute Gasteiger partial charge is 0.232 e. The molecule has 1 amide bonds. The van der Waals surface area contributed by atoms with E-state index in [-0.39, 0.29) is 17.4 Å². The normalized spacial score (nSPS) is 17.5. The van der Waals surface area contributed by atoms with E-state index in [1.807, 2.05) is 0 Å². The first-order chi connectivity index (χ1) is 18.5. The highest BCUT2D eigenvalue weighted by atomic mass is 16.5. The Morgan fingerprint density at radius 1 is 0.921 bits per heavy atom. The van der Waals surface area contributed by atoms with Gasteiger partial charge in [-0.2, -0.15) is 0 Å². The van der Waals surface area contributed by atoms with Crippen molar-refractivity contribution < 1.29 is 9.53 Å². The zero-order valence-corrected chi connectivity index (χ0v) is 23.2. The van der Waals surface area contributed by atoms with Gasteiger partial charge in [0.25, 0.3) is 0 Å². The van der Waals surface area contributed by atoms with Gasteiger partial charge in [-0.3, -0.25) is 4.79 Å². The van der Waals surface area contributed by atoms with Crippen LogP contribution in [0, 0.1) is 19.8 Å². The van der Waals surface area contributed by atoms with Gasteiger partial charge in [-0.1, -0.05) is 97.3 Å². The molecular weight excluding hydrogens is 468 g/mol. The Balaban J connectivity index is 1.15. The monoisotopic (exact) mass is 510 g/mol. The Kier molecular flexibility index (Phi) is 8.30. The van der Waals surface area contributed by atoms with Gasteiger partial charge in [0.15, 0.2) is 0 Å². The molecule has 1 spiro atoms. The molecule has 2 aliphatic heterocycles. The fraction of sp³-hybridized carbons (Fsp3) is 0.441. The fourth-order valence-corrected chi connectivity index (χ4v) is 6.11. The summed E-state index contributed by atoms with van der Waals surface area (Å²) in [7, 11) is 0. The number of amides is 1. The van der Waals surface area contributed by atoms with E-state index in [2.05, 4.69) is 104 Å². The Bertz CT molecular complexity index is 1160. The van der Waals surface area contributed by atoms with Gasteiger partial charge < -0.3 is 15.0 Å². The van der Waals surface area contributed by atoms with Gasteiger partial charge in [-0.05, 0) is 67.8 Å². The van der Waals surface area contributed by atoms with Crippen LogP contribution in [0.3, 0.4) is 0 Å². The van der Waals surface area contributed by atoms with Gasteiger partial charge in [0.1, 0.15) is 0 Å². The van der Waals surface area contributed by atoms with E-state index < -0.39 is 0 Å². The molecule has 1 fully saturated rings. The molecule has 0 radical (unpaired) electrons. The summed E-state index contributed by atoms with van der Waals surface area (Å²) < 4.78 is 6.35. The molecule has 5 rings (SSSR count). The second-order valence-electron chi connectivity index (χ2n) is 11.3. The third-order valence-corrected chi connectivity index (χ3v) is 8.76. The van der Waals surface area contributed by atoms with Crippen LogP contribution in [0.5, 0.6) is 0 Å². The number of rotatable bonds is 9. The molecular formula is C34H42N2O2. The molecule has 0 aromatic heterocycles. The lowest BCUT2D eigenvalue weighted by Crippen LogP contribution is -2.43. The first-order valence-electron chi connectivity index (χ1n) is 14.3. The number of carbonyl (C=O) groups is 1. The van der Waals surface area contributed by atoms with Crippen molar-refractivity contribution in [1.29, 1.82) is 0 Å². The largest absolute Gasteiger partial charge is 0.365 e. The summed E-state index contributed by atoms with van der Waals surface area (Å²) in [5.41, 5.74) is 7.19. The lowest BCUT2D eigenvalue weighted by Gasteiger charge is -2.39. The third-order valence-electron chi connectivity index (χ3n) is 8.76. The molecule has 1 atom stereocenters. The number of piperidine rings is 1. The van der Waals surface area contributed by atoms with E-state index in [9.17, 15) is 4.79 Å². The van der Waals surface area contributed by atoms with Crippen LogP contribution in [0.1, 0.15) is 71.9 Å². The minimum atomic E-state index is -0.290. The summed E-state index contributed by atoms with van der Waals surface area (Å²) in [5.74, 6) is 0.268. The standard InChI is InChI=1S/C34H42N2O2/c1-4-27(17-20-36-21-18-34(19-22-36)31-8-6-5-7-30(31)24-38-34)23-35-33(37)32(28-13-9-25(2)10-14-28)29-15-11-26(3)12-16-29/h5-16,27,32H,4,17-24H2,1-3H3,(H,35,37). The molecule has 38 heavy (non-hydrogen) atoms. The van der Waals surface area contributed by atoms with Gasteiger partial charge in [0, 0.05) is 19.6 Å². The van der Waals surface area contributed by atoms with Gasteiger partial charge in [0.05, 0.1) is 18.1 Å². The topological polar surface area (TPSA) is 41.6 Å². The number of nitrogens with one attached hydrogen (secondary N) is 1. The van der Waals surface area contributed by atoms with Crippen LogP contribution in [0.25, 0.3) is 0 Å². The molecule has 0 bridgehead atoms. The molecule has 4 nitrogen and oxygen atoms in total. The Labute approximate surface area is 228 Å². The van der Waals surface area contributed by atoms with Crippen LogP contribution in [-0.2, 0) is 21.7 Å². The minimum Gasteiger partial charge on any atom is -0.365 e. The van der Waals surface area contributed by atoms with E-state index in [1.54, 1.807) is 0 Å². The number of aryl methyl sites for hydroxylation is 2. The highest BCUT2D eigenvalue weighted by Crippen LogP contribution is 2.44. The summed E-state index contributed by atoms with van der Waals surface area (Å²) in [6, 6.07) is 25.5. The van der Waals surface area contributed by atoms with Crippen molar-refractivity contribution in [1.82, 2.24) is 10.2 Å². The van der Waals surface area contributed by atoms with Crippen molar-refractivity contribution in [2.75, 3.05) is 26.2 Å². The van der Waals surface area contributed by atoms with Crippen LogP contribution >= 0.6 is 0 Å². The molecule has 1 saturated heterocycles. The average Bonchev–Trinajstić information content (AvgIpc) is 3.30. The quantitative estimate of drug-likeness (QED) is 0.358. The summed E-state index contributed by atoms with van der Waals surface area (Å²) in [4.78, 5) is 16.1. The molecule has 1 unspecified atom stereocenters.